The van der Waals surface area contributed by atoms with Gasteiger partial charge >= 0.3 is 0 Å². The molecule has 0 radical (unpaired) electrons. The van der Waals surface area contributed by atoms with Gasteiger partial charge in [-0.25, -0.2) is 0 Å². The fourth-order valence-electron chi connectivity index (χ4n) is 2.00. The molecule has 18 heavy (non-hydrogen) atoms. The minimum Gasteiger partial charge on any atom is -0.380 e. The second kappa shape index (κ2) is 6.81. The van der Waals surface area contributed by atoms with Crippen molar-refractivity contribution in [2.24, 2.45) is 4.99 Å². The Balaban J connectivity index is 1.98. The molecule has 0 amide bonds. The van der Waals surface area contributed by atoms with Gasteiger partial charge in [-0.3, -0.25) is 4.99 Å². The summed E-state index contributed by atoms with van der Waals surface area (Å²) in [5.41, 5.74) is 2.27. The molecule has 1 aliphatic heterocycles. The van der Waals surface area contributed by atoms with E-state index in [9.17, 15) is 0 Å². The van der Waals surface area contributed by atoms with E-state index in [0.717, 1.165) is 17.4 Å². The lowest BCUT2D eigenvalue weighted by molar-refractivity contribution is 0.185. The summed E-state index contributed by atoms with van der Waals surface area (Å²) in [7, 11) is 1.72. The number of nitrogens with zero attached hydrogens (tertiary/aromatic N) is 1. The van der Waals surface area contributed by atoms with Crippen LogP contribution in [0.25, 0.3) is 0 Å². The van der Waals surface area contributed by atoms with Gasteiger partial charge in [0.25, 0.3) is 0 Å². The van der Waals surface area contributed by atoms with E-state index < -0.39 is 0 Å². The van der Waals surface area contributed by atoms with E-state index in [-0.39, 0.29) is 0 Å². The van der Waals surface area contributed by atoms with Crippen LogP contribution in [0.5, 0.6) is 0 Å². The van der Waals surface area contributed by atoms with Gasteiger partial charge in [0.05, 0.1) is 13.2 Å². The Bertz CT molecular complexity index is 420. The Hall–Kier alpha value is -1.00. The third kappa shape index (κ3) is 3.50. The van der Waals surface area contributed by atoms with Gasteiger partial charge in [0.15, 0.2) is 5.17 Å². The number of ether oxygens (including phenoxy) is 1. The van der Waals surface area contributed by atoms with Crippen LogP contribution in [-0.4, -0.2) is 24.1 Å². The smallest absolute Gasteiger partial charge is 0.161 e. The molecule has 1 aromatic carbocycles. The standard InChI is InChI=1S/C14H20N2OS/c1-3-6-12-9-15-14(18-12)16-13-8-5-4-7-11(13)10-17-2/h4-5,7-8,12H,3,6,9-10H2,1-2H3,(H,15,16). The number of nitrogens with one attached hydrogen (secondary N) is 1. The Morgan fingerprint density at radius 1 is 1.44 bits per heavy atom. The van der Waals surface area contributed by atoms with Crippen LogP contribution < -0.4 is 5.32 Å². The van der Waals surface area contributed by atoms with Gasteiger partial charge in [-0.15, -0.1) is 0 Å². The molecule has 1 aliphatic rings. The first-order valence-corrected chi connectivity index (χ1v) is 7.26. The Morgan fingerprint density at radius 2 is 2.28 bits per heavy atom. The van der Waals surface area contributed by atoms with Crippen LogP contribution in [0, 0.1) is 0 Å². The number of para-hydroxylation sites is 1. The number of aliphatic imine (C=N–C) groups is 1. The number of methoxy groups -OCH3 is 1. The Morgan fingerprint density at radius 3 is 3.06 bits per heavy atom. The van der Waals surface area contributed by atoms with E-state index in [1.807, 2.05) is 23.9 Å². The fraction of sp³-hybridized carbons (Fsp3) is 0.500. The van der Waals surface area contributed by atoms with Gasteiger partial charge in [-0.2, -0.15) is 0 Å². The van der Waals surface area contributed by atoms with Crippen LogP contribution in [-0.2, 0) is 11.3 Å². The van der Waals surface area contributed by atoms with Gasteiger partial charge in [0.2, 0.25) is 0 Å². The SMILES string of the molecule is CCCC1CN=C(Nc2ccccc2COC)S1. The number of thioether (sulfide) groups is 1. The molecule has 1 atom stereocenters. The number of anilines is 1. The maximum Gasteiger partial charge on any atom is 0.161 e. The number of rotatable bonds is 5. The van der Waals surface area contributed by atoms with Crippen LogP contribution >= 0.6 is 11.8 Å². The van der Waals surface area contributed by atoms with Crippen LogP contribution in [0.15, 0.2) is 29.3 Å². The average molecular weight is 264 g/mol. The van der Waals surface area contributed by atoms with Gasteiger partial charge in [-0.1, -0.05) is 43.3 Å². The molecule has 1 unspecified atom stereocenters. The molecule has 3 nitrogen and oxygen atoms in total. The number of amidine groups is 1. The van der Waals surface area contributed by atoms with Crippen molar-refractivity contribution in [1.29, 1.82) is 0 Å². The summed E-state index contributed by atoms with van der Waals surface area (Å²) < 4.78 is 5.21. The van der Waals surface area contributed by atoms with E-state index in [4.69, 9.17) is 4.74 Å². The van der Waals surface area contributed by atoms with Crippen molar-refractivity contribution in [3.63, 3.8) is 0 Å². The Kier molecular flexibility index (Phi) is 5.08. The lowest BCUT2D eigenvalue weighted by atomic mass is 10.2. The molecule has 1 heterocycles. The summed E-state index contributed by atoms with van der Waals surface area (Å²) in [5.74, 6) is 0. The molecule has 4 heteroatoms. The number of hydrogen-bond acceptors (Lipinski definition) is 4. The van der Waals surface area contributed by atoms with Crippen molar-refractivity contribution in [1.82, 2.24) is 0 Å². The minimum absolute atomic E-state index is 0.625. The zero-order valence-corrected chi connectivity index (χ0v) is 11.8. The van der Waals surface area contributed by atoms with Crippen LogP contribution in [0.4, 0.5) is 5.69 Å². The monoisotopic (exact) mass is 264 g/mol. The van der Waals surface area contributed by atoms with Gasteiger partial charge in [-0.05, 0) is 12.5 Å². The topological polar surface area (TPSA) is 33.6 Å². The molecule has 0 saturated heterocycles. The summed E-state index contributed by atoms with van der Waals surface area (Å²) >= 11 is 1.85. The maximum atomic E-state index is 5.21. The first-order chi connectivity index (χ1) is 8.83. The zero-order valence-electron chi connectivity index (χ0n) is 11.0. The lowest BCUT2D eigenvalue weighted by Gasteiger charge is -2.11. The maximum absolute atomic E-state index is 5.21. The molecular formula is C14H20N2OS. The molecular weight excluding hydrogens is 244 g/mol. The average Bonchev–Trinajstić information content (AvgIpc) is 2.80. The van der Waals surface area contributed by atoms with E-state index in [1.165, 1.54) is 18.4 Å². The zero-order chi connectivity index (χ0) is 12.8. The molecule has 1 aromatic rings. The molecule has 2 rings (SSSR count). The molecule has 0 saturated carbocycles. The summed E-state index contributed by atoms with van der Waals surface area (Å²) in [4.78, 5) is 4.56. The summed E-state index contributed by atoms with van der Waals surface area (Å²) in [6.07, 6.45) is 2.46. The summed E-state index contributed by atoms with van der Waals surface area (Å²) in [6.45, 7) is 3.78. The minimum atomic E-state index is 0.625. The van der Waals surface area contributed by atoms with Crippen molar-refractivity contribution in [2.75, 3.05) is 19.0 Å². The fourth-order valence-corrected chi connectivity index (χ4v) is 3.13. The summed E-state index contributed by atoms with van der Waals surface area (Å²) in [5, 5.41) is 5.10. The van der Waals surface area contributed by atoms with Gasteiger partial charge in [0.1, 0.15) is 0 Å². The van der Waals surface area contributed by atoms with E-state index in [2.05, 4.69) is 29.4 Å². The molecule has 0 aliphatic carbocycles. The molecule has 0 bridgehead atoms. The third-order valence-electron chi connectivity index (χ3n) is 2.89. The second-order valence-electron chi connectivity index (χ2n) is 4.39. The largest absolute Gasteiger partial charge is 0.380 e. The number of benzene rings is 1. The first kappa shape index (κ1) is 13.4. The first-order valence-electron chi connectivity index (χ1n) is 6.38. The van der Waals surface area contributed by atoms with E-state index in [0.29, 0.717) is 11.9 Å². The van der Waals surface area contributed by atoms with Crippen molar-refractivity contribution in [3.05, 3.63) is 29.8 Å². The van der Waals surface area contributed by atoms with Crippen molar-refractivity contribution >= 4 is 22.6 Å². The van der Waals surface area contributed by atoms with E-state index >= 15 is 0 Å². The number of hydrogen-bond donors (Lipinski definition) is 1. The molecule has 98 valence electrons. The molecule has 0 aromatic heterocycles. The predicted molar refractivity (Wildman–Crippen MR) is 79.4 cm³/mol. The predicted octanol–water partition coefficient (Wildman–Crippen LogP) is 3.52. The quantitative estimate of drug-likeness (QED) is 0.883. The van der Waals surface area contributed by atoms with Gasteiger partial charge < -0.3 is 10.1 Å². The highest BCUT2D eigenvalue weighted by molar-refractivity contribution is 8.15. The Labute approximate surface area is 113 Å². The highest BCUT2D eigenvalue weighted by Crippen LogP contribution is 2.27. The van der Waals surface area contributed by atoms with Crippen molar-refractivity contribution < 1.29 is 4.74 Å². The van der Waals surface area contributed by atoms with Crippen molar-refractivity contribution in [2.45, 2.75) is 31.6 Å². The summed E-state index contributed by atoms with van der Waals surface area (Å²) in [6, 6.07) is 8.22. The van der Waals surface area contributed by atoms with Gasteiger partial charge in [0, 0.05) is 23.6 Å². The second-order valence-corrected chi connectivity index (χ2v) is 5.68. The van der Waals surface area contributed by atoms with Crippen LogP contribution in [0.3, 0.4) is 0 Å². The van der Waals surface area contributed by atoms with E-state index in [1.54, 1.807) is 7.11 Å². The van der Waals surface area contributed by atoms with Crippen molar-refractivity contribution in [3.8, 4) is 0 Å². The normalized spacial score (nSPS) is 18.8. The molecule has 1 N–H and O–H groups in total. The third-order valence-corrected chi connectivity index (χ3v) is 4.06. The van der Waals surface area contributed by atoms with Crippen LogP contribution in [0.2, 0.25) is 0 Å². The highest BCUT2D eigenvalue weighted by Gasteiger charge is 2.19. The molecule has 0 fully saturated rings. The molecule has 0 spiro atoms. The lowest BCUT2D eigenvalue weighted by Crippen LogP contribution is -2.09. The van der Waals surface area contributed by atoms with Crippen LogP contribution in [0.1, 0.15) is 25.3 Å². The highest BCUT2D eigenvalue weighted by atomic mass is 32.2.